The molecule has 236 valence electrons. The Bertz CT molecular complexity index is 1670. The maximum absolute atomic E-state index is 13.6. The Hall–Kier alpha value is -3.00. The molecule has 11 nitrogen and oxygen atoms in total. The van der Waals surface area contributed by atoms with Gasteiger partial charge in [-0.3, -0.25) is 9.59 Å². The summed E-state index contributed by atoms with van der Waals surface area (Å²) in [6.45, 7) is 8.20. The predicted molar refractivity (Wildman–Crippen MR) is 169 cm³/mol. The zero-order valence-corrected chi connectivity index (χ0v) is 27.2. The van der Waals surface area contributed by atoms with Crippen molar-refractivity contribution < 1.29 is 22.7 Å². The number of para-hydroxylation sites is 1. The fraction of sp³-hybridized carbons (Fsp3) is 0.433. The van der Waals surface area contributed by atoms with Crippen molar-refractivity contribution in [3.05, 3.63) is 63.8 Å². The third kappa shape index (κ3) is 6.95. The molecule has 3 heterocycles. The van der Waals surface area contributed by atoms with Crippen molar-refractivity contribution in [3.8, 4) is 5.75 Å². The summed E-state index contributed by atoms with van der Waals surface area (Å²) in [5, 5.41) is 7.44. The second-order valence-corrected chi connectivity index (χ2v) is 13.9. The van der Waals surface area contributed by atoms with E-state index >= 15 is 0 Å². The van der Waals surface area contributed by atoms with E-state index in [1.165, 1.54) is 26.0 Å². The van der Waals surface area contributed by atoms with E-state index in [9.17, 15) is 18.0 Å². The smallest absolute Gasteiger partial charge is 0.243 e. The van der Waals surface area contributed by atoms with Gasteiger partial charge in [0.2, 0.25) is 21.8 Å². The molecule has 0 aliphatic carbocycles. The minimum absolute atomic E-state index is 0.00625. The van der Waals surface area contributed by atoms with E-state index in [2.05, 4.69) is 20.3 Å². The van der Waals surface area contributed by atoms with Crippen LogP contribution in [0.4, 0.5) is 0 Å². The van der Waals surface area contributed by atoms with Crippen LogP contribution in [0.15, 0.2) is 47.4 Å². The number of piperazine rings is 2. The van der Waals surface area contributed by atoms with Gasteiger partial charge in [0, 0.05) is 67.5 Å². The van der Waals surface area contributed by atoms with Crippen molar-refractivity contribution in [2.75, 3.05) is 45.8 Å². The number of hydrogen-bond acceptors (Lipinski definition) is 8. The van der Waals surface area contributed by atoms with E-state index in [0.717, 1.165) is 24.2 Å². The number of ether oxygens (including phenoxy) is 1. The molecular weight excluding hydrogens is 627 g/mol. The van der Waals surface area contributed by atoms with Crippen LogP contribution in [0.2, 0.25) is 10.0 Å². The first-order chi connectivity index (χ1) is 20.9. The molecule has 3 N–H and O–H groups in total. The van der Waals surface area contributed by atoms with Crippen molar-refractivity contribution in [1.82, 2.24) is 30.1 Å². The lowest BCUT2D eigenvalue weighted by Gasteiger charge is -2.40. The molecule has 1 aromatic heterocycles. The standard InChI is InChI=1S/C30H36Cl2N6O5S/c1-19-7-8-20-5-4-6-24(27(20)35-19)43-18-21-22(31)9-10-25(26(21)32)44(41,42)36-30(2,3)29(40)38-15-13-37(14-16-38)28(39)23-17-33-11-12-34-23/h4-10,23,33-34,36H,11-18H2,1-3H3. The number of halogens is 2. The average molecular weight is 664 g/mol. The molecule has 1 unspecified atom stereocenters. The van der Waals surface area contributed by atoms with Crippen LogP contribution in [0.3, 0.4) is 0 Å². The van der Waals surface area contributed by atoms with Crippen molar-refractivity contribution in [2.24, 2.45) is 0 Å². The average Bonchev–Trinajstić information content (AvgIpc) is 3.00. The fourth-order valence-electron chi connectivity index (χ4n) is 5.41. The Kier molecular flexibility index (Phi) is 9.69. The molecule has 14 heteroatoms. The van der Waals surface area contributed by atoms with E-state index in [0.29, 0.717) is 44.0 Å². The molecule has 2 aromatic carbocycles. The molecule has 0 radical (unpaired) electrons. The highest BCUT2D eigenvalue weighted by atomic mass is 35.5. The molecule has 2 fully saturated rings. The fourth-order valence-corrected chi connectivity index (χ4v) is 7.67. The normalized spacial score (nSPS) is 18.0. The monoisotopic (exact) mass is 662 g/mol. The number of sulfonamides is 1. The van der Waals surface area contributed by atoms with Crippen molar-refractivity contribution in [1.29, 1.82) is 0 Å². The quantitative estimate of drug-likeness (QED) is 0.335. The molecule has 5 rings (SSSR count). The first-order valence-corrected chi connectivity index (χ1v) is 16.6. The maximum atomic E-state index is 13.6. The number of carbonyl (C=O) groups excluding carboxylic acids is 2. The van der Waals surface area contributed by atoms with Crippen LogP contribution >= 0.6 is 23.2 Å². The Morgan fingerprint density at radius 2 is 1.77 bits per heavy atom. The first kappa shape index (κ1) is 32.4. The number of pyridine rings is 1. The van der Waals surface area contributed by atoms with Gasteiger partial charge in [0.25, 0.3) is 0 Å². The van der Waals surface area contributed by atoms with E-state index < -0.39 is 21.5 Å². The van der Waals surface area contributed by atoms with Gasteiger partial charge >= 0.3 is 0 Å². The summed E-state index contributed by atoms with van der Waals surface area (Å²) in [4.78, 5) is 34.0. The SMILES string of the molecule is Cc1ccc2cccc(OCc3c(Cl)ccc(S(=O)(=O)NC(C)(C)C(=O)N4CCN(C(=O)C5CNCCN5)CC4)c3Cl)c2n1. The number of benzene rings is 2. The minimum Gasteiger partial charge on any atom is -0.487 e. The van der Waals surface area contributed by atoms with Gasteiger partial charge in [0.1, 0.15) is 28.3 Å². The van der Waals surface area contributed by atoms with Gasteiger partial charge in [-0.05, 0) is 45.0 Å². The summed E-state index contributed by atoms with van der Waals surface area (Å²) < 4.78 is 35.7. The van der Waals surface area contributed by atoms with Gasteiger partial charge in [-0.15, -0.1) is 0 Å². The van der Waals surface area contributed by atoms with Crippen molar-refractivity contribution >= 4 is 55.9 Å². The van der Waals surface area contributed by atoms with Gasteiger partial charge in [-0.25, -0.2) is 13.4 Å². The van der Waals surface area contributed by atoms with Gasteiger partial charge in [0.05, 0.1) is 11.1 Å². The third-order valence-electron chi connectivity index (χ3n) is 7.78. The van der Waals surface area contributed by atoms with Gasteiger partial charge < -0.3 is 25.2 Å². The lowest BCUT2D eigenvalue weighted by Crippen LogP contribution is -2.62. The van der Waals surface area contributed by atoms with Crippen LogP contribution in [0.1, 0.15) is 25.1 Å². The highest BCUT2D eigenvalue weighted by molar-refractivity contribution is 7.89. The lowest BCUT2D eigenvalue weighted by atomic mass is 10.0. The molecule has 2 aliphatic heterocycles. The van der Waals surface area contributed by atoms with Crippen LogP contribution in [-0.4, -0.2) is 92.4 Å². The van der Waals surface area contributed by atoms with Crippen LogP contribution in [0.5, 0.6) is 5.75 Å². The summed E-state index contributed by atoms with van der Waals surface area (Å²) in [5.41, 5.74) is 0.281. The Morgan fingerprint density at radius 1 is 1.05 bits per heavy atom. The molecule has 44 heavy (non-hydrogen) atoms. The number of nitrogens with one attached hydrogen (secondary N) is 3. The van der Waals surface area contributed by atoms with Gasteiger partial charge in [-0.1, -0.05) is 41.4 Å². The minimum atomic E-state index is -4.27. The van der Waals surface area contributed by atoms with E-state index in [1.807, 2.05) is 31.2 Å². The number of fused-ring (bicyclic) bond motifs is 1. The highest BCUT2D eigenvalue weighted by Gasteiger charge is 2.39. The van der Waals surface area contributed by atoms with E-state index in [1.54, 1.807) is 15.9 Å². The summed E-state index contributed by atoms with van der Waals surface area (Å²) in [5.74, 6) is 0.0937. The van der Waals surface area contributed by atoms with E-state index in [-0.39, 0.29) is 39.1 Å². The molecule has 3 aromatic rings. The number of nitrogens with zero attached hydrogens (tertiary/aromatic N) is 3. The second kappa shape index (κ2) is 13.2. The zero-order chi connectivity index (χ0) is 31.6. The number of carbonyl (C=O) groups is 2. The Morgan fingerprint density at radius 3 is 2.48 bits per heavy atom. The van der Waals surface area contributed by atoms with Crippen molar-refractivity contribution in [3.63, 3.8) is 0 Å². The zero-order valence-electron chi connectivity index (χ0n) is 24.8. The summed E-state index contributed by atoms with van der Waals surface area (Å²) >= 11 is 13.1. The maximum Gasteiger partial charge on any atom is 0.243 e. The molecule has 0 spiro atoms. The van der Waals surface area contributed by atoms with Gasteiger partial charge in [0.15, 0.2) is 0 Å². The lowest BCUT2D eigenvalue weighted by molar-refractivity contribution is -0.143. The van der Waals surface area contributed by atoms with Crippen molar-refractivity contribution in [2.45, 2.75) is 43.9 Å². The summed E-state index contributed by atoms with van der Waals surface area (Å²) in [6, 6.07) is 11.8. The van der Waals surface area contributed by atoms with Crippen LogP contribution < -0.4 is 20.1 Å². The summed E-state index contributed by atoms with van der Waals surface area (Å²) in [7, 11) is -4.27. The number of hydrogen-bond donors (Lipinski definition) is 3. The molecule has 2 aliphatic rings. The Labute approximate surface area is 267 Å². The molecule has 0 saturated carbocycles. The second-order valence-electron chi connectivity index (χ2n) is 11.5. The number of aryl methyl sites for hydroxylation is 1. The Balaban J connectivity index is 1.27. The third-order valence-corrected chi connectivity index (χ3v) is 10.4. The largest absolute Gasteiger partial charge is 0.487 e. The molecule has 2 amide bonds. The number of aromatic nitrogens is 1. The number of amides is 2. The van der Waals surface area contributed by atoms with Gasteiger partial charge in [-0.2, -0.15) is 4.72 Å². The molecular formula is C30H36Cl2N6O5S. The highest BCUT2D eigenvalue weighted by Crippen LogP contribution is 2.34. The number of rotatable bonds is 8. The molecule has 2 saturated heterocycles. The molecule has 1 atom stereocenters. The topological polar surface area (TPSA) is 133 Å². The van der Waals surface area contributed by atoms with Crippen LogP contribution in [0, 0.1) is 6.92 Å². The van der Waals surface area contributed by atoms with E-state index in [4.69, 9.17) is 27.9 Å². The van der Waals surface area contributed by atoms with Crippen LogP contribution in [-0.2, 0) is 26.2 Å². The predicted octanol–water partition coefficient (Wildman–Crippen LogP) is 2.72. The summed E-state index contributed by atoms with van der Waals surface area (Å²) in [6.07, 6.45) is 0. The van der Waals surface area contributed by atoms with Crippen LogP contribution in [0.25, 0.3) is 10.9 Å². The molecule has 0 bridgehead atoms. The first-order valence-electron chi connectivity index (χ1n) is 14.4.